The third-order valence-electron chi connectivity index (χ3n) is 4.18. The second-order valence-corrected chi connectivity index (χ2v) is 5.51. The Labute approximate surface area is 103 Å². The van der Waals surface area contributed by atoms with Crippen LogP contribution >= 0.6 is 0 Å². The number of amides is 1. The third kappa shape index (κ3) is 2.61. The third-order valence-corrected chi connectivity index (χ3v) is 4.18. The molecule has 1 unspecified atom stereocenters. The second-order valence-electron chi connectivity index (χ2n) is 5.51. The zero-order valence-electron chi connectivity index (χ0n) is 10.5. The number of rotatable bonds is 4. The first kappa shape index (κ1) is 12.4. The standard InChI is InChI=1S/C13H21N3O/c1-16-8-4-11(9-16)3-7-15-12(17)13(10-14)5-2-6-13/h11H,2-9H2,1H3,(H,15,17). The predicted octanol–water partition coefficient (Wildman–Crippen LogP) is 1.14. The molecule has 0 spiro atoms. The van der Waals surface area contributed by atoms with Crippen LogP contribution in [0.1, 0.15) is 32.1 Å². The second kappa shape index (κ2) is 5.05. The van der Waals surface area contributed by atoms with E-state index in [0.717, 1.165) is 38.8 Å². The van der Waals surface area contributed by atoms with Gasteiger partial charge in [0.05, 0.1) is 6.07 Å². The van der Waals surface area contributed by atoms with E-state index in [1.54, 1.807) is 0 Å². The molecule has 1 heterocycles. The average molecular weight is 235 g/mol. The van der Waals surface area contributed by atoms with Crippen molar-refractivity contribution in [1.82, 2.24) is 10.2 Å². The van der Waals surface area contributed by atoms with Crippen molar-refractivity contribution < 1.29 is 4.79 Å². The Bertz CT molecular complexity index is 330. The molecule has 1 aliphatic heterocycles. The van der Waals surface area contributed by atoms with Crippen LogP contribution in [0.3, 0.4) is 0 Å². The number of nitrogens with zero attached hydrogens (tertiary/aromatic N) is 2. The Hall–Kier alpha value is -1.08. The van der Waals surface area contributed by atoms with Gasteiger partial charge in [-0.2, -0.15) is 5.26 Å². The summed E-state index contributed by atoms with van der Waals surface area (Å²) >= 11 is 0. The summed E-state index contributed by atoms with van der Waals surface area (Å²) in [4.78, 5) is 14.2. The number of nitrogens with one attached hydrogen (secondary N) is 1. The Morgan fingerprint density at radius 3 is 2.82 bits per heavy atom. The number of hydrogen-bond acceptors (Lipinski definition) is 3. The van der Waals surface area contributed by atoms with E-state index in [0.29, 0.717) is 5.92 Å². The number of carbonyl (C=O) groups excluding carboxylic acids is 1. The molecule has 1 N–H and O–H groups in total. The van der Waals surface area contributed by atoms with Crippen molar-refractivity contribution in [3.05, 3.63) is 0 Å². The summed E-state index contributed by atoms with van der Waals surface area (Å²) in [6.07, 6.45) is 4.75. The number of likely N-dealkylation sites (tertiary alicyclic amines) is 1. The van der Waals surface area contributed by atoms with E-state index >= 15 is 0 Å². The van der Waals surface area contributed by atoms with Crippen LogP contribution in [0.4, 0.5) is 0 Å². The molecule has 0 radical (unpaired) electrons. The van der Waals surface area contributed by atoms with Crippen LogP contribution in [0.2, 0.25) is 0 Å². The molecular formula is C13H21N3O. The lowest BCUT2D eigenvalue weighted by molar-refractivity contribution is -0.131. The van der Waals surface area contributed by atoms with Crippen LogP contribution in [-0.2, 0) is 4.79 Å². The molecule has 0 aromatic heterocycles. The fraction of sp³-hybridized carbons (Fsp3) is 0.846. The van der Waals surface area contributed by atoms with Crippen LogP contribution in [0.5, 0.6) is 0 Å². The topological polar surface area (TPSA) is 56.1 Å². The summed E-state index contributed by atoms with van der Waals surface area (Å²) in [7, 11) is 2.14. The quantitative estimate of drug-likeness (QED) is 0.795. The molecule has 0 aromatic rings. The first-order chi connectivity index (χ1) is 8.16. The maximum absolute atomic E-state index is 11.9. The van der Waals surface area contributed by atoms with Gasteiger partial charge in [0.15, 0.2) is 0 Å². The largest absolute Gasteiger partial charge is 0.355 e. The van der Waals surface area contributed by atoms with Crippen LogP contribution in [0.25, 0.3) is 0 Å². The van der Waals surface area contributed by atoms with E-state index in [-0.39, 0.29) is 5.91 Å². The van der Waals surface area contributed by atoms with E-state index < -0.39 is 5.41 Å². The summed E-state index contributed by atoms with van der Waals surface area (Å²) in [6, 6.07) is 2.18. The zero-order valence-corrected chi connectivity index (χ0v) is 10.5. The normalized spacial score (nSPS) is 27.2. The predicted molar refractivity (Wildman–Crippen MR) is 65.1 cm³/mol. The van der Waals surface area contributed by atoms with Gasteiger partial charge in [-0.3, -0.25) is 4.79 Å². The van der Waals surface area contributed by atoms with Crippen LogP contribution < -0.4 is 5.32 Å². The Balaban J connectivity index is 1.68. The van der Waals surface area contributed by atoms with Gasteiger partial charge in [0.1, 0.15) is 5.41 Å². The highest BCUT2D eigenvalue weighted by Gasteiger charge is 2.44. The molecule has 17 heavy (non-hydrogen) atoms. The lowest BCUT2D eigenvalue weighted by Crippen LogP contribution is -2.45. The van der Waals surface area contributed by atoms with Crippen molar-refractivity contribution in [2.24, 2.45) is 11.3 Å². The summed E-state index contributed by atoms with van der Waals surface area (Å²) in [5.74, 6) is 0.664. The molecule has 2 rings (SSSR count). The van der Waals surface area contributed by atoms with E-state index in [4.69, 9.17) is 5.26 Å². The molecule has 1 amide bonds. The zero-order chi connectivity index (χ0) is 12.3. The molecule has 1 saturated carbocycles. The minimum atomic E-state index is -0.688. The molecular weight excluding hydrogens is 214 g/mol. The van der Waals surface area contributed by atoms with Crippen molar-refractivity contribution in [2.45, 2.75) is 32.1 Å². The van der Waals surface area contributed by atoms with Crippen molar-refractivity contribution in [3.8, 4) is 6.07 Å². The monoisotopic (exact) mass is 235 g/mol. The van der Waals surface area contributed by atoms with Crippen molar-refractivity contribution in [1.29, 1.82) is 5.26 Å². The Morgan fingerprint density at radius 1 is 1.59 bits per heavy atom. The van der Waals surface area contributed by atoms with E-state index in [1.165, 1.54) is 13.0 Å². The Kier molecular flexibility index (Phi) is 3.68. The van der Waals surface area contributed by atoms with E-state index in [9.17, 15) is 4.79 Å². The maximum atomic E-state index is 11.9. The molecule has 1 saturated heterocycles. The molecule has 4 nitrogen and oxygen atoms in total. The van der Waals surface area contributed by atoms with Crippen LogP contribution in [-0.4, -0.2) is 37.5 Å². The smallest absolute Gasteiger partial charge is 0.240 e. The lowest BCUT2D eigenvalue weighted by Gasteiger charge is -2.33. The fourth-order valence-electron chi connectivity index (χ4n) is 2.74. The SMILES string of the molecule is CN1CCC(CCNC(=O)C2(C#N)CCC2)C1. The summed E-state index contributed by atoms with van der Waals surface area (Å²) < 4.78 is 0. The number of carbonyl (C=O) groups is 1. The van der Waals surface area contributed by atoms with Crippen molar-refractivity contribution in [3.63, 3.8) is 0 Å². The lowest BCUT2D eigenvalue weighted by atomic mass is 9.69. The fourth-order valence-corrected chi connectivity index (χ4v) is 2.74. The van der Waals surface area contributed by atoms with Gasteiger partial charge >= 0.3 is 0 Å². The number of hydrogen-bond donors (Lipinski definition) is 1. The highest BCUT2D eigenvalue weighted by molar-refractivity contribution is 5.86. The highest BCUT2D eigenvalue weighted by atomic mass is 16.2. The van der Waals surface area contributed by atoms with Gasteiger partial charge in [0, 0.05) is 13.1 Å². The van der Waals surface area contributed by atoms with E-state index in [1.807, 2.05) is 0 Å². The minimum Gasteiger partial charge on any atom is -0.355 e. The minimum absolute atomic E-state index is 0.0439. The van der Waals surface area contributed by atoms with Gasteiger partial charge in [0.2, 0.25) is 5.91 Å². The molecule has 0 bridgehead atoms. The van der Waals surface area contributed by atoms with Crippen LogP contribution in [0.15, 0.2) is 0 Å². The summed E-state index contributed by atoms with van der Waals surface area (Å²) in [5.41, 5.74) is -0.688. The summed E-state index contributed by atoms with van der Waals surface area (Å²) in [6.45, 7) is 3.03. The van der Waals surface area contributed by atoms with Gasteiger partial charge in [-0.15, -0.1) is 0 Å². The Morgan fingerprint density at radius 2 is 2.35 bits per heavy atom. The maximum Gasteiger partial charge on any atom is 0.240 e. The first-order valence-electron chi connectivity index (χ1n) is 6.54. The molecule has 1 atom stereocenters. The van der Waals surface area contributed by atoms with Gasteiger partial charge in [-0.05, 0) is 51.6 Å². The van der Waals surface area contributed by atoms with Gasteiger partial charge in [0.25, 0.3) is 0 Å². The average Bonchev–Trinajstić information content (AvgIpc) is 2.63. The molecule has 94 valence electrons. The molecule has 2 aliphatic rings. The van der Waals surface area contributed by atoms with Gasteiger partial charge in [-0.25, -0.2) is 0 Å². The van der Waals surface area contributed by atoms with Gasteiger partial charge < -0.3 is 10.2 Å². The molecule has 2 fully saturated rings. The molecule has 4 heteroatoms. The molecule has 0 aromatic carbocycles. The molecule has 1 aliphatic carbocycles. The van der Waals surface area contributed by atoms with Crippen molar-refractivity contribution >= 4 is 5.91 Å². The van der Waals surface area contributed by atoms with Gasteiger partial charge in [-0.1, -0.05) is 0 Å². The highest BCUT2D eigenvalue weighted by Crippen LogP contribution is 2.40. The summed E-state index contributed by atoms with van der Waals surface area (Å²) in [5, 5.41) is 12.0. The first-order valence-corrected chi connectivity index (χ1v) is 6.54. The van der Waals surface area contributed by atoms with Crippen LogP contribution in [0, 0.1) is 22.7 Å². The van der Waals surface area contributed by atoms with Crippen molar-refractivity contribution in [2.75, 3.05) is 26.7 Å². The number of nitriles is 1. The van der Waals surface area contributed by atoms with E-state index in [2.05, 4.69) is 23.3 Å².